The summed E-state index contributed by atoms with van der Waals surface area (Å²) in [5.41, 5.74) is 0.596. The van der Waals surface area contributed by atoms with Crippen molar-refractivity contribution in [3.8, 4) is 0 Å². The normalized spacial score (nSPS) is 9.92. The summed E-state index contributed by atoms with van der Waals surface area (Å²) in [5, 5.41) is 3.81. The summed E-state index contributed by atoms with van der Waals surface area (Å²) in [4.78, 5) is 0. The standard InChI is InChI=1S/C8H8Cl2FN/c9-6-2-1-3-7(10)8(6)12-5-4-11/h1-3,12H,4-5H2. The minimum atomic E-state index is -0.443. The molecule has 0 aliphatic carbocycles. The van der Waals surface area contributed by atoms with Crippen LogP contribution in [0.3, 0.4) is 0 Å². The smallest absolute Gasteiger partial charge is 0.107 e. The summed E-state index contributed by atoms with van der Waals surface area (Å²) in [7, 11) is 0. The fraction of sp³-hybridized carbons (Fsp3) is 0.250. The summed E-state index contributed by atoms with van der Waals surface area (Å²) in [6.07, 6.45) is 0. The molecule has 0 aromatic heterocycles. The zero-order valence-electron chi connectivity index (χ0n) is 6.28. The zero-order chi connectivity index (χ0) is 8.97. The minimum absolute atomic E-state index is 0.226. The van der Waals surface area contributed by atoms with Crippen LogP contribution in [0.25, 0.3) is 0 Å². The Morgan fingerprint density at radius 3 is 2.33 bits per heavy atom. The van der Waals surface area contributed by atoms with Gasteiger partial charge in [-0.15, -0.1) is 0 Å². The molecule has 1 rings (SSSR count). The van der Waals surface area contributed by atoms with Crippen LogP contribution in [-0.2, 0) is 0 Å². The van der Waals surface area contributed by atoms with Gasteiger partial charge in [0.1, 0.15) is 6.67 Å². The van der Waals surface area contributed by atoms with Gasteiger partial charge in [0.2, 0.25) is 0 Å². The number of para-hydroxylation sites is 1. The summed E-state index contributed by atoms with van der Waals surface area (Å²) in [5.74, 6) is 0. The first-order valence-electron chi connectivity index (χ1n) is 3.49. The molecule has 0 fully saturated rings. The molecule has 0 amide bonds. The number of alkyl halides is 1. The Morgan fingerprint density at radius 1 is 1.25 bits per heavy atom. The van der Waals surface area contributed by atoms with E-state index in [0.717, 1.165) is 0 Å². The molecule has 66 valence electrons. The van der Waals surface area contributed by atoms with Crippen molar-refractivity contribution in [1.82, 2.24) is 0 Å². The third kappa shape index (κ3) is 2.26. The average Bonchev–Trinajstić information content (AvgIpc) is 2.04. The monoisotopic (exact) mass is 207 g/mol. The zero-order valence-corrected chi connectivity index (χ0v) is 7.79. The maximum atomic E-state index is 11.8. The minimum Gasteiger partial charge on any atom is -0.380 e. The summed E-state index contributed by atoms with van der Waals surface area (Å²) < 4.78 is 11.8. The lowest BCUT2D eigenvalue weighted by Crippen LogP contribution is -2.03. The molecule has 0 heterocycles. The van der Waals surface area contributed by atoms with E-state index in [0.29, 0.717) is 15.7 Å². The quantitative estimate of drug-likeness (QED) is 0.802. The number of hydrogen-bond acceptors (Lipinski definition) is 1. The molecule has 1 nitrogen and oxygen atoms in total. The molecule has 0 radical (unpaired) electrons. The number of rotatable bonds is 3. The molecule has 1 aromatic rings. The lowest BCUT2D eigenvalue weighted by atomic mass is 10.3. The van der Waals surface area contributed by atoms with E-state index >= 15 is 0 Å². The molecule has 4 heteroatoms. The first kappa shape index (κ1) is 9.62. The Hall–Kier alpha value is -0.470. The fourth-order valence-corrected chi connectivity index (χ4v) is 1.37. The second kappa shape index (κ2) is 4.53. The van der Waals surface area contributed by atoms with Gasteiger partial charge in [-0.2, -0.15) is 0 Å². The fourth-order valence-electron chi connectivity index (χ4n) is 0.839. The molecule has 0 saturated heterocycles. The highest BCUT2D eigenvalue weighted by atomic mass is 35.5. The van der Waals surface area contributed by atoms with Crippen molar-refractivity contribution in [3.05, 3.63) is 28.2 Å². The van der Waals surface area contributed by atoms with Crippen molar-refractivity contribution in [3.63, 3.8) is 0 Å². The van der Waals surface area contributed by atoms with Crippen LogP contribution in [0.5, 0.6) is 0 Å². The molecule has 0 unspecified atom stereocenters. The van der Waals surface area contributed by atoms with Crippen LogP contribution < -0.4 is 5.32 Å². The Bertz CT molecular complexity index is 245. The van der Waals surface area contributed by atoms with E-state index in [-0.39, 0.29) is 6.54 Å². The second-order valence-corrected chi connectivity index (χ2v) is 3.03. The van der Waals surface area contributed by atoms with E-state index in [2.05, 4.69) is 5.32 Å². The third-order valence-electron chi connectivity index (χ3n) is 1.36. The number of nitrogens with one attached hydrogen (secondary N) is 1. The van der Waals surface area contributed by atoms with Gasteiger partial charge in [-0.25, -0.2) is 4.39 Å². The van der Waals surface area contributed by atoms with E-state index in [1.165, 1.54) is 0 Å². The summed E-state index contributed by atoms with van der Waals surface area (Å²) >= 11 is 11.6. The van der Waals surface area contributed by atoms with Crippen LogP contribution in [0.2, 0.25) is 10.0 Å². The maximum Gasteiger partial charge on any atom is 0.107 e. The van der Waals surface area contributed by atoms with Gasteiger partial charge in [-0.3, -0.25) is 0 Å². The molecule has 0 spiro atoms. The van der Waals surface area contributed by atoms with E-state index < -0.39 is 6.67 Å². The highest BCUT2D eigenvalue weighted by Gasteiger charge is 2.02. The highest BCUT2D eigenvalue weighted by molar-refractivity contribution is 6.39. The van der Waals surface area contributed by atoms with Crippen LogP contribution in [-0.4, -0.2) is 13.2 Å². The van der Waals surface area contributed by atoms with Crippen LogP contribution in [0, 0.1) is 0 Å². The van der Waals surface area contributed by atoms with Gasteiger partial charge in [0.15, 0.2) is 0 Å². The number of benzene rings is 1. The Labute approximate surface area is 80.5 Å². The molecule has 0 saturated carbocycles. The van der Waals surface area contributed by atoms with Crippen LogP contribution in [0.4, 0.5) is 10.1 Å². The predicted molar refractivity (Wildman–Crippen MR) is 50.9 cm³/mol. The first-order valence-corrected chi connectivity index (χ1v) is 4.25. The van der Waals surface area contributed by atoms with E-state index in [9.17, 15) is 4.39 Å². The SMILES string of the molecule is FCCNc1c(Cl)cccc1Cl. The first-order chi connectivity index (χ1) is 5.75. The highest BCUT2D eigenvalue weighted by Crippen LogP contribution is 2.29. The van der Waals surface area contributed by atoms with Gasteiger partial charge in [0.25, 0.3) is 0 Å². The molecule has 0 aliphatic heterocycles. The van der Waals surface area contributed by atoms with Crippen LogP contribution >= 0.6 is 23.2 Å². The summed E-state index contributed by atoms with van der Waals surface area (Å²) in [6.45, 7) is -0.217. The Balaban J connectivity index is 2.81. The Kier molecular flexibility index (Phi) is 3.63. The molecule has 1 aromatic carbocycles. The number of halogens is 3. The molecule has 0 bridgehead atoms. The Morgan fingerprint density at radius 2 is 1.83 bits per heavy atom. The largest absolute Gasteiger partial charge is 0.380 e. The van der Waals surface area contributed by atoms with Crippen molar-refractivity contribution in [2.45, 2.75) is 0 Å². The average molecular weight is 208 g/mol. The lowest BCUT2D eigenvalue weighted by molar-refractivity contribution is 0.513. The van der Waals surface area contributed by atoms with Crippen molar-refractivity contribution in [2.75, 3.05) is 18.5 Å². The van der Waals surface area contributed by atoms with Gasteiger partial charge in [0, 0.05) is 6.54 Å². The molecule has 0 atom stereocenters. The van der Waals surface area contributed by atoms with E-state index in [1.54, 1.807) is 18.2 Å². The third-order valence-corrected chi connectivity index (χ3v) is 1.99. The molecule has 12 heavy (non-hydrogen) atoms. The van der Waals surface area contributed by atoms with Crippen molar-refractivity contribution in [2.24, 2.45) is 0 Å². The van der Waals surface area contributed by atoms with Crippen LogP contribution in [0.1, 0.15) is 0 Å². The topological polar surface area (TPSA) is 12.0 Å². The second-order valence-electron chi connectivity index (χ2n) is 2.21. The van der Waals surface area contributed by atoms with Crippen molar-refractivity contribution in [1.29, 1.82) is 0 Å². The predicted octanol–water partition coefficient (Wildman–Crippen LogP) is 3.37. The van der Waals surface area contributed by atoms with Gasteiger partial charge in [-0.1, -0.05) is 29.3 Å². The van der Waals surface area contributed by atoms with Crippen molar-refractivity contribution < 1.29 is 4.39 Å². The molecule has 1 N–H and O–H groups in total. The molecule has 0 aliphatic rings. The van der Waals surface area contributed by atoms with E-state index in [4.69, 9.17) is 23.2 Å². The molecular weight excluding hydrogens is 200 g/mol. The van der Waals surface area contributed by atoms with Gasteiger partial charge >= 0.3 is 0 Å². The summed E-state index contributed by atoms with van der Waals surface area (Å²) in [6, 6.07) is 5.15. The molecular formula is C8H8Cl2FN. The van der Waals surface area contributed by atoms with Crippen molar-refractivity contribution >= 4 is 28.9 Å². The lowest BCUT2D eigenvalue weighted by Gasteiger charge is -2.07. The van der Waals surface area contributed by atoms with Gasteiger partial charge in [-0.05, 0) is 12.1 Å². The van der Waals surface area contributed by atoms with Crippen LogP contribution in [0.15, 0.2) is 18.2 Å². The number of anilines is 1. The van der Waals surface area contributed by atoms with Gasteiger partial charge in [0.05, 0.1) is 15.7 Å². The van der Waals surface area contributed by atoms with Gasteiger partial charge < -0.3 is 5.32 Å². The number of hydrogen-bond donors (Lipinski definition) is 1. The van der Waals surface area contributed by atoms with E-state index in [1.807, 2.05) is 0 Å². The maximum absolute atomic E-state index is 11.8.